The smallest absolute Gasteiger partial charge is 0.243 e. The molecule has 3 aromatic rings. The SMILES string of the molecule is CCN(CC(=O)NCCCNc1ccnc2cc(Cl)ccc12)S(=O)(=O)c1ccc(Br)cc1. The molecule has 0 atom stereocenters. The molecule has 2 N–H and O–H groups in total. The Bertz CT molecular complexity index is 1190. The molecule has 0 unspecified atom stereocenters. The number of carbonyl (C=O) groups is 1. The van der Waals surface area contributed by atoms with E-state index in [1.807, 2.05) is 24.3 Å². The van der Waals surface area contributed by atoms with Gasteiger partial charge < -0.3 is 10.6 Å². The number of nitrogens with one attached hydrogen (secondary N) is 2. The number of likely N-dealkylation sites (N-methyl/N-ethyl adjacent to an activating group) is 1. The number of halogens is 2. The molecular formula is C22H24BrClN4O3S. The minimum atomic E-state index is -3.73. The number of amides is 1. The number of anilines is 1. The lowest BCUT2D eigenvalue weighted by Crippen LogP contribution is -2.41. The van der Waals surface area contributed by atoms with Gasteiger partial charge in [0.25, 0.3) is 0 Å². The molecule has 0 spiro atoms. The molecule has 0 fully saturated rings. The third-order valence-corrected chi connectivity index (χ3v) is 7.52. The van der Waals surface area contributed by atoms with Crippen LogP contribution >= 0.6 is 27.5 Å². The number of hydrogen-bond donors (Lipinski definition) is 2. The van der Waals surface area contributed by atoms with Crippen LogP contribution in [0.15, 0.2) is 64.1 Å². The first kappa shape index (κ1) is 24.4. The Labute approximate surface area is 201 Å². The molecule has 1 amide bonds. The molecular weight excluding hydrogens is 516 g/mol. The summed E-state index contributed by atoms with van der Waals surface area (Å²) < 4.78 is 27.5. The number of fused-ring (bicyclic) bond motifs is 1. The normalized spacial score (nSPS) is 11.6. The first-order valence-corrected chi connectivity index (χ1v) is 12.7. The Hall–Kier alpha value is -2.20. The number of hydrogen-bond acceptors (Lipinski definition) is 5. The van der Waals surface area contributed by atoms with Crippen molar-refractivity contribution in [2.45, 2.75) is 18.2 Å². The van der Waals surface area contributed by atoms with Crippen molar-refractivity contribution in [1.29, 1.82) is 0 Å². The van der Waals surface area contributed by atoms with Gasteiger partial charge in [-0.2, -0.15) is 4.31 Å². The van der Waals surface area contributed by atoms with Crippen molar-refractivity contribution in [3.63, 3.8) is 0 Å². The lowest BCUT2D eigenvalue weighted by molar-refractivity contribution is -0.121. The highest BCUT2D eigenvalue weighted by Gasteiger charge is 2.25. The lowest BCUT2D eigenvalue weighted by atomic mass is 10.2. The molecule has 10 heteroatoms. The van der Waals surface area contributed by atoms with Crippen molar-refractivity contribution in [2.24, 2.45) is 0 Å². The minimum absolute atomic E-state index is 0.158. The minimum Gasteiger partial charge on any atom is -0.384 e. The zero-order chi connectivity index (χ0) is 23.1. The summed E-state index contributed by atoms with van der Waals surface area (Å²) in [5, 5.41) is 7.73. The average molecular weight is 540 g/mol. The Morgan fingerprint density at radius 3 is 2.59 bits per heavy atom. The van der Waals surface area contributed by atoms with Crippen LogP contribution in [0.5, 0.6) is 0 Å². The van der Waals surface area contributed by atoms with Crippen LogP contribution in [0.25, 0.3) is 10.9 Å². The van der Waals surface area contributed by atoms with Crippen LogP contribution in [0.3, 0.4) is 0 Å². The Kier molecular flexibility index (Phi) is 8.47. The third kappa shape index (κ3) is 6.19. The number of benzene rings is 2. The summed E-state index contributed by atoms with van der Waals surface area (Å²) in [6, 6.07) is 13.8. The van der Waals surface area contributed by atoms with Gasteiger partial charge in [-0.05, 0) is 55.0 Å². The topological polar surface area (TPSA) is 91.4 Å². The van der Waals surface area contributed by atoms with Gasteiger partial charge in [-0.3, -0.25) is 9.78 Å². The largest absolute Gasteiger partial charge is 0.384 e. The van der Waals surface area contributed by atoms with Gasteiger partial charge in [0.15, 0.2) is 0 Å². The van der Waals surface area contributed by atoms with E-state index in [4.69, 9.17) is 11.6 Å². The van der Waals surface area contributed by atoms with Gasteiger partial charge >= 0.3 is 0 Å². The maximum atomic E-state index is 12.8. The molecule has 1 heterocycles. The highest BCUT2D eigenvalue weighted by Crippen LogP contribution is 2.24. The highest BCUT2D eigenvalue weighted by atomic mass is 79.9. The second-order valence-corrected chi connectivity index (χ2v) is 10.3. The van der Waals surface area contributed by atoms with Gasteiger partial charge in [0, 0.05) is 46.4 Å². The molecule has 0 radical (unpaired) electrons. The predicted octanol–water partition coefficient (Wildman–Crippen LogP) is 4.28. The number of aromatic nitrogens is 1. The van der Waals surface area contributed by atoms with Gasteiger partial charge in [0.2, 0.25) is 15.9 Å². The fourth-order valence-electron chi connectivity index (χ4n) is 3.15. The molecule has 0 saturated heterocycles. The molecule has 0 aliphatic heterocycles. The molecule has 1 aromatic heterocycles. The van der Waals surface area contributed by atoms with Crippen LogP contribution < -0.4 is 10.6 Å². The maximum absolute atomic E-state index is 12.8. The van der Waals surface area contributed by atoms with E-state index in [1.54, 1.807) is 25.3 Å². The van der Waals surface area contributed by atoms with E-state index in [1.165, 1.54) is 12.1 Å². The van der Waals surface area contributed by atoms with Gasteiger partial charge in [-0.1, -0.05) is 34.5 Å². The number of pyridine rings is 1. The summed E-state index contributed by atoms with van der Waals surface area (Å²) in [7, 11) is -3.73. The van der Waals surface area contributed by atoms with E-state index in [-0.39, 0.29) is 23.9 Å². The first-order chi connectivity index (χ1) is 15.3. The maximum Gasteiger partial charge on any atom is 0.243 e. The Morgan fingerprint density at radius 1 is 1.12 bits per heavy atom. The quantitative estimate of drug-likeness (QED) is 0.375. The van der Waals surface area contributed by atoms with Crippen molar-refractivity contribution >= 4 is 60.1 Å². The van der Waals surface area contributed by atoms with Crippen molar-refractivity contribution in [1.82, 2.24) is 14.6 Å². The second-order valence-electron chi connectivity index (χ2n) is 7.04. The molecule has 2 aromatic carbocycles. The third-order valence-electron chi connectivity index (χ3n) is 4.82. The molecule has 0 saturated carbocycles. The van der Waals surface area contributed by atoms with Gasteiger partial charge in [-0.25, -0.2) is 8.42 Å². The zero-order valence-electron chi connectivity index (χ0n) is 17.5. The summed E-state index contributed by atoms with van der Waals surface area (Å²) in [5.74, 6) is -0.337. The summed E-state index contributed by atoms with van der Waals surface area (Å²) in [6.45, 7) is 2.75. The fourth-order valence-corrected chi connectivity index (χ4v) is 4.99. The van der Waals surface area contributed by atoms with Crippen molar-refractivity contribution in [3.8, 4) is 0 Å². The summed E-state index contributed by atoms with van der Waals surface area (Å²) in [4.78, 5) is 16.8. The van der Waals surface area contributed by atoms with E-state index in [0.29, 0.717) is 24.5 Å². The average Bonchev–Trinajstić information content (AvgIpc) is 2.77. The van der Waals surface area contributed by atoms with E-state index < -0.39 is 10.0 Å². The molecule has 3 rings (SSSR count). The van der Waals surface area contributed by atoms with Crippen LogP contribution in [0.1, 0.15) is 13.3 Å². The number of sulfonamides is 1. The van der Waals surface area contributed by atoms with Crippen LogP contribution in [0.4, 0.5) is 5.69 Å². The van der Waals surface area contributed by atoms with Crippen LogP contribution in [-0.2, 0) is 14.8 Å². The van der Waals surface area contributed by atoms with Gasteiger partial charge in [0.05, 0.1) is 17.0 Å². The molecule has 0 bridgehead atoms. The Balaban J connectivity index is 1.48. The van der Waals surface area contributed by atoms with E-state index in [0.717, 1.165) is 25.4 Å². The van der Waals surface area contributed by atoms with E-state index in [9.17, 15) is 13.2 Å². The molecule has 32 heavy (non-hydrogen) atoms. The molecule has 0 aliphatic rings. The summed E-state index contributed by atoms with van der Waals surface area (Å²) in [5.41, 5.74) is 1.75. The number of nitrogens with zero attached hydrogens (tertiary/aromatic N) is 2. The standard InChI is InChI=1S/C22H24BrClN4O3S/c1-2-28(32(30,31)18-7-4-16(23)5-8-18)15-22(29)27-12-3-11-25-20-10-13-26-21-14-17(24)6-9-19(20)21/h4-10,13-14H,2-3,11-12,15H2,1H3,(H,25,26)(H,27,29). The summed E-state index contributed by atoms with van der Waals surface area (Å²) in [6.07, 6.45) is 2.39. The van der Waals surface area contributed by atoms with Crippen molar-refractivity contribution < 1.29 is 13.2 Å². The number of carbonyl (C=O) groups excluding carboxylic acids is 1. The lowest BCUT2D eigenvalue weighted by Gasteiger charge is -2.20. The van der Waals surface area contributed by atoms with Crippen LogP contribution in [0, 0.1) is 0 Å². The van der Waals surface area contributed by atoms with Crippen molar-refractivity contribution in [3.05, 3.63) is 64.2 Å². The Morgan fingerprint density at radius 2 is 1.88 bits per heavy atom. The molecule has 170 valence electrons. The van der Waals surface area contributed by atoms with Crippen LogP contribution in [0.2, 0.25) is 5.02 Å². The van der Waals surface area contributed by atoms with Gasteiger partial charge in [0.1, 0.15) is 0 Å². The summed E-state index contributed by atoms with van der Waals surface area (Å²) >= 11 is 9.31. The second kappa shape index (κ2) is 11.1. The first-order valence-electron chi connectivity index (χ1n) is 10.1. The predicted molar refractivity (Wildman–Crippen MR) is 131 cm³/mol. The monoisotopic (exact) mass is 538 g/mol. The fraction of sp³-hybridized carbons (Fsp3) is 0.273. The highest BCUT2D eigenvalue weighted by molar-refractivity contribution is 9.10. The van der Waals surface area contributed by atoms with E-state index in [2.05, 4.69) is 31.5 Å². The van der Waals surface area contributed by atoms with Crippen LogP contribution in [-0.4, -0.2) is 49.8 Å². The molecule has 7 nitrogen and oxygen atoms in total. The zero-order valence-corrected chi connectivity index (χ0v) is 20.7. The van der Waals surface area contributed by atoms with Crippen molar-refractivity contribution in [2.75, 3.05) is 31.5 Å². The number of rotatable bonds is 10. The molecule has 0 aliphatic carbocycles. The van der Waals surface area contributed by atoms with E-state index >= 15 is 0 Å². The van der Waals surface area contributed by atoms with Gasteiger partial charge in [-0.15, -0.1) is 0 Å².